The third-order valence-electron chi connectivity index (χ3n) is 2.99. The van der Waals surface area contributed by atoms with Gasteiger partial charge in [-0.25, -0.2) is 0 Å². The lowest BCUT2D eigenvalue weighted by Gasteiger charge is -2.32. The first kappa shape index (κ1) is 13.9. The molecule has 0 aromatic heterocycles. The van der Waals surface area contributed by atoms with Gasteiger partial charge in [0, 0.05) is 44.7 Å². The Morgan fingerprint density at radius 3 is 2.25 bits per heavy atom. The summed E-state index contributed by atoms with van der Waals surface area (Å²) in [6.07, 6.45) is 0. The highest BCUT2D eigenvalue weighted by Crippen LogP contribution is 2.13. The minimum atomic E-state index is 0.0947. The molecule has 0 saturated carbocycles. The molecule has 0 unspecified atom stereocenters. The number of likely N-dealkylation sites (N-methyl/N-ethyl adjacent to an activating group) is 1. The number of hydrogen-bond acceptors (Lipinski definition) is 3. The molecular weight excluding hydrogens is 218 g/mol. The van der Waals surface area contributed by atoms with E-state index in [1.807, 2.05) is 0 Å². The Hall–Kier alpha value is -0.190. The zero-order valence-corrected chi connectivity index (χ0v) is 11.9. The number of thiocarbonyl (C=S) groups is 1. The lowest BCUT2D eigenvalue weighted by molar-refractivity contribution is 0.156. The van der Waals surface area contributed by atoms with Gasteiger partial charge in [-0.15, -0.1) is 0 Å². The fourth-order valence-corrected chi connectivity index (χ4v) is 1.77. The molecular formula is C12H25N3S. The number of rotatable bonds is 3. The van der Waals surface area contributed by atoms with Crippen molar-refractivity contribution in [2.45, 2.75) is 20.8 Å². The maximum atomic E-state index is 5.34. The van der Waals surface area contributed by atoms with Crippen molar-refractivity contribution in [1.82, 2.24) is 15.1 Å². The van der Waals surface area contributed by atoms with Gasteiger partial charge in [-0.3, -0.25) is 4.90 Å². The molecule has 0 spiro atoms. The van der Waals surface area contributed by atoms with Crippen molar-refractivity contribution in [2.24, 2.45) is 5.41 Å². The lowest BCUT2D eigenvalue weighted by Crippen LogP contribution is -2.47. The van der Waals surface area contributed by atoms with Gasteiger partial charge in [-0.1, -0.05) is 33.0 Å². The topological polar surface area (TPSA) is 18.5 Å². The van der Waals surface area contributed by atoms with E-state index in [9.17, 15) is 0 Å². The van der Waals surface area contributed by atoms with Gasteiger partial charge in [-0.05, 0) is 7.05 Å². The van der Waals surface area contributed by atoms with Crippen molar-refractivity contribution < 1.29 is 0 Å². The largest absolute Gasteiger partial charge is 0.378 e. The van der Waals surface area contributed by atoms with Gasteiger partial charge >= 0.3 is 0 Å². The molecule has 1 saturated heterocycles. The molecule has 4 heteroatoms. The molecule has 0 aliphatic carbocycles. The fourth-order valence-electron chi connectivity index (χ4n) is 1.66. The van der Waals surface area contributed by atoms with Gasteiger partial charge in [-0.2, -0.15) is 0 Å². The Kier molecular flexibility index (Phi) is 5.15. The van der Waals surface area contributed by atoms with Crippen LogP contribution in [0.1, 0.15) is 20.8 Å². The fraction of sp³-hybridized carbons (Fsp3) is 0.917. The number of hydrogen-bond donors (Lipinski definition) is 1. The van der Waals surface area contributed by atoms with Crippen molar-refractivity contribution in [3.05, 3.63) is 0 Å². The normalized spacial score (nSPS) is 19.8. The van der Waals surface area contributed by atoms with Crippen LogP contribution in [0.25, 0.3) is 0 Å². The molecule has 0 bridgehead atoms. The molecule has 0 aromatic carbocycles. The van der Waals surface area contributed by atoms with Gasteiger partial charge in [0.25, 0.3) is 0 Å². The first-order valence-electron chi connectivity index (χ1n) is 6.09. The zero-order chi connectivity index (χ0) is 12.2. The summed E-state index contributed by atoms with van der Waals surface area (Å²) in [6.45, 7) is 13.3. The molecule has 0 atom stereocenters. The molecule has 0 aromatic rings. The second-order valence-corrected chi connectivity index (χ2v) is 6.06. The van der Waals surface area contributed by atoms with E-state index in [2.05, 4.69) is 42.9 Å². The van der Waals surface area contributed by atoms with Crippen molar-refractivity contribution in [3.63, 3.8) is 0 Å². The summed E-state index contributed by atoms with van der Waals surface area (Å²) in [5.41, 5.74) is 0.0947. The van der Waals surface area contributed by atoms with E-state index in [1.54, 1.807) is 0 Å². The molecule has 1 rings (SSSR count). The van der Waals surface area contributed by atoms with Gasteiger partial charge in [0.05, 0.1) is 4.99 Å². The highest BCUT2D eigenvalue weighted by molar-refractivity contribution is 7.80. The molecule has 16 heavy (non-hydrogen) atoms. The Balaban J connectivity index is 2.14. The number of nitrogens with one attached hydrogen (secondary N) is 1. The molecule has 1 heterocycles. The van der Waals surface area contributed by atoms with Crippen LogP contribution in [0.4, 0.5) is 0 Å². The highest BCUT2D eigenvalue weighted by Gasteiger charge is 2.17. The number of nitrogens with zero attached hydrogens (tertiary/aromatic N) is 2. The van der Waals surface area contributed by atoms with Crippen LogP contribution in [0.5, 0.6) is 0 Å². The van der Waals surface area contributed by atoms with Crippen molar-refractivity contribution in [3.8, 4) is 0 Å². The second-order valence-electron chi connectivity index (χ2n) is 5.65. The van der Waals surface area contributed by atoms with E-state index in [-0.39, 0.29) is 5.41 Å². The molecule has 94 valence electrons. The van der Waals surface area contributed by atoms with Crippen molar-refractivity contribution in [2.75, 3.05) is 46.3 Å². The highest BCUT2D eigenvalue weighted by atomic mass is 32.1. The van der Waals surface area contributed by atoms with Gasteiger partial charge in [0.15, 0.2) is 0 Å². The van der Waals surface area contributed by atoms with Crippen LogP contribution < -0.4 is 5.32 Å². The van der Waals surface area contributed by atoms with Crippen molar-refractivity contribution >= 4 is 17.2 Å². The first-order valence-corrected chi connectivity index (χ1v) is 6.49. The summed E-state index contributed by atoms with van der Waals surface area (Å²) in [5.74, 6) is 0. The molecule has 1 aliphatic rings. The van der Waals surface area contributed by atoms with Crippen LogP contribution in [-0.4, -0.2) is 61.1 Å². The van der Waals surface area contributed by atoms with E-state index < -0.39 is 0 Å². The van der Waals surface area contributed by atoms with Crippen LogP contribution >= 0.6 is 12.2 Å². The van der Waals surface area contributed by atoms with Crippen molar-refractivity contribution in [1.29, 1.82) is 0 Å². The van der Waals surface area contributed by atoms with Crippen LogP contribution in [0.3, 0.4) is 0 Å². The van der Waals surface area contributed by atoms with E-state index in [0.717, 1.165) is 18.1 Å². The quantitative estimate of drug-likeness (QED) is 0.751. The van der Waals surface area contributed by atoms with E-state index in [1.165, 1.54) is 26.2 Å². The average Bonchev–Trinajstić information content (AvgIpc) is 2.19. The minimum absolute atomic E-state index is 0.0947. The predicted octanol–water partition coefficient (Wildman–Crippen LogP) is 1.20. The van der Waals surface area contributed by atoms with Crippen LogP contribution in [0, 0.1) is 5.41 Å². The average molecular weight is 243 g/mol. The first-order chi connectivity index (χ1) is 7.39. The molecule has 3 nitrogen and oxygen atoms in total. The molecule has 0 radical (unpaired) electrons. The summed E-state index contributed by atoms with van der Waals surface area (Å²) in [4.78, 5) is 5.85. The Morgan fingerprint density at radius 2 is 1.75 bits per heavy atom. The third-order valence-corrected chi connectivity index (χ3v) is 3.75. The Bertz CT molecular complexity index is 227. The third kappa shape index (κ3) is 4.76. The van der Waals surface area contributed by atoms with Crippen LogP contribution in [0.2, 0.25) is 0 Å². The zero-order valence-electron chi connectivity index (χ0n) is 11.0. The van der Waals surface area contributed by atoms with E-state index in [0.29, 0.717) is 0 Å². The lowest BCUT2D eigenvalue weighted by atomic mass is 9.97. The maximum Gasteiger partial charge on any atom is 0.0808 e. The summed E-state index contributed by atoms with van der Waals surface area (Å²) in [7, 11) is 2.18. The Morgan fingerprint density at radius 1 is 1.19 bits per heavy atom. The monoisotopic (exact) mass is 243 g/mol. The van der Waals surface area contributed by atoms with Gasteiger partial charge < -0.3 is 10.2 Å². The van der Waals surface area contributed by atoms with Crippen LogP contribution in [-0.2, 0) is 0 Å². The summed E-state index contributed by atoms with van der Waals surface area (Å²) in [5, 5.41) is 3.36. The summed E-state index contributed by atoms with van der Waals surface area (Å²) >= 11 is 5.34. The maximum absolute atomic E-state index is 5.34. The summed E-state index contributed by atoms with van der Waals surface area (Å²) in [6, 6.07) is 0. The van der Waals surface area contributed by atoms with Crippen LogP contribution in [0.15, 0.2) is 0 Å². The van der Waals surface area contributed by atoms with E-state index in [4.69, 9.17) is 12.2 Å². The van der Waals surface area contributed by atoms with E-state index >= 15 is 0 Å². The molecule has 1 aliphatic heterocycles. The predicted molar refractivity (Wildman–Crippen MR) is 74.0 cm³/mol. The number of piperazine rings is 1. The smallest absolute Gasteiger partial charge is 0.0808 e. The SMILES string of the molecule is CN1CCN(CCNC(=S)C(C)(C)C)CC1. The minimum Gasteiger partial charge on any atom is -0.378 e. The second kappa shape index (κ2) is 5.94. The Labute approximate surface area is 105 Å². The molecule has 0 amide bonds. The standard InChI is InChI=1S/C12H25N3S/c1-12(2,3)11(16)13-5-6-15-9-7-14(4)8-10-15/h5-10H2,1-4H3,(H,13,16). The molecule has 1 fully saturated rings. The van der Waals surface area contributed by atoms with Gasteiger partial charge in [0.2, 0.25) is 0 Å². The van der Waals surface area contributed by atoms with Gasteiger partial charge in [0.1, 0.15) is 0 Å². The molecule has 1 N–H and O–H groups in total. The summed E-state index contributed by atoms with van der Waals surface area (Å²) < 4.78 is 0.